The molecule has 0 spiro atoms. The van der Waals surface area contributed by atoms with Crippen LogP contribution in [0.25, 0.3) is 0 Å². The fraction of sp³-hybridized carbons (Fsp3) is 0.417. The van der Waals surface area contributed by atoms with E-state index < -0.39 is 0 Å². The summed E-state index contributed by atoms with van der Waals surface area (Å²) in [6, 6.07) is 3.46. The number of ether oxygens (including phenoxy) is 2. The highest BCUT2D eigenvalue weighted by Gasteiger charge is 2.08. The zero-order valence-corrected chi connectivity index (χ0v) is 12.7. The van der Waals surface area contributed by atoms with Gasteiger partial charge in [0.15, 0.2) is 0 Å². The summed E-state index contributed by atoms with van der Waals surface area (Å²) in [5, 5.41) is 0. The molecule has 5 heteroatoms. The zero-order valence-electron chi connectivity index (χ0n) is 9.54. The van der Waals surface area contributed by atoms with Gasteiger partial charge in [-0.05, 0) is 50.9 Å². The minimum absolute atomic E-state index is 0.581. The highest BCUT2D eigenvalue weighted by molar-refractivity contribution is 9.11. The lowest BCUT2D eigenvalue weighted by molar-refractivity contribution is 0.112. The van der Waals surface area contributed by atoms with Crippen molar-refractivity contribution < 1.29 is 14.3 Å². The van der Waals surface area contributed by atoms with Gasteiger partial charge in [0.25, 0.3) is 0 Å². The Morgan fingerprint density at radius 1 is 1.24 bits per heavy atom. The minimum Gasteiger partial charge on any atom is -0.491 e. The number of carbonyl (C=O) groups is 1. The third-order valence-electron chi connectivity index (χ3n) is 2.04. The van der Waals surface area contributed by atoms with E-state index in [1.54, 1.807) is 12.1 Å². The SMILES string of the molecule is CCOCCCOc1c(Br)cc(C=O)cc1Br. The lowest BCUT2D eigenvalue weighted by atomic mass is 10.2. The van der Waals surface area contributed by atoms with Gasteiger partial charge in [-0.2, -0.15) is 0 Å². The molecule has 0 heterocycles. The molecule has 0 N–H and O–H groups in total. The summed E-state index contributed by atoms with van der Waals surface area (Å²) in [4.78, 5) is 10.7. The average Bonchev–Trinajstić information content (AvgIpc) is 2.31. The highest BCUT2D eigenvalue weighted by Crippen LogP contribution is 2.34. The smallest absolute Gasteiger partial charge is 0.150 e. The Morgan fingerprint density at radius 3 is 2.41 bits per heavy atom. The molecule has 0 saturated heterocycles. The number of halogens is 2. The van der Waals surface area contributed by atoms with E-state index in [0.29, 0.717) is 24.5 Å². The van der Waals surface area contributed by atoms with Gasteiger partial charge in [-0.1, -0.05) is 0 Å². The van der Waals surface area contributed by atoms with Crippen LogP contribution in [-0.4, -0.2) is 26.1 Å². The van der Waals surface area contributed by atoms with E-state index in [2.05, 4.69) is 31.9 Å². The Morgan fingerprint density at radius 2 is 1.88 bits per heavy atom. The Bertz CT molecular complexity index is 357. The van der Waals surface area contributed by atoms with Gasteiger partial charge in [-0.25, -0.2) is 0 Å². The van der Waals surface area contributed by atoms with Gasteiger partial charge in [0, 0.05) is 25.2 Å². The summed E-state index contributed by atoms with van der Waals surface area (Å²) in [6.07, 6.45) is 1.64. The standard InChI is InChI=1S/C12H14Br2O3/c1-2-16-4-3-5-17-12-10(13)6-9(8-15)7-11(12)14/h6-8H,2-5H2,1H3. The van der Waals surface area contributed by atoms with Crippen LogP contribution in [0.3, 0.4) is 0 Å². The molecule has 0 aliphatic heterocycles. The van der Waals surface area contributed by atoms with E-state index in [1.807, 2.05) is 6.92 Å². The van der Waals surface area contributed by atoms with Crippen LogP contribution in [0.2, 0.25) is 0 Å². The van der Waals surface area contributed by atoms with E-state index in [1.165, 1.54) is 0 Å². The maximum Gasteiger partial charge on any atom is 0.150 e. The fourth-order valence-corrected chi connectivity index (χ4v) is 2.72. The van der Waals surface area contributed by atoms with Crippen LogP contribution in [0.15, 0.2) is 21.1 Å². The maximum absolute atomic E-state index is 10.7. The van der Waals surface area contributed by atoms with Gasteiger partial charge in [-0.15, -0.1) is 0 Å². The minimum atomic E-state index is 0.581. The Hall–Kier alpha value is -0.390. The number of hydrogen-bond acceptors (Lipinski definition) is 3. The highest BCUT2D eigenvalue weighted by atomic mass is 79.9. The van der Waals surface area contributed by atoms with Gasteiger partial charge < -0.3 is 9.47 Å². The second kappa shape index (κ2) is 7.84. The van der Waals surface area contributed by atoms with Crippen molar-refractivity contribution in [2.75, 3.05) is 19.8 Å². The molecule has 1 rings (SSSR count). The van der Waals surface area contributed by atoms with Crippen molar-refractivity contribution in [3.63, 3.8) is 0 Å². The third kappa shape index (κ3) is 4.77. The van der Waals surface area contributed by atoms with Gasteiger partial charge in [0.1, 0.15) is 12.0 Å². The predicted octanol–water partition coefficient (Wildman–Crippen LogP) is 3.83. The van der Waals surface area contributed by atoms with Crippen molar-refractivity contribution in [2.45, 2.75) is 13.3 Å². The van der Waals surface area contributed by atoms with Crippen molar-refractivity contribution in [1.82, 2.24) is 0 Å². The molecule has 0 atom stereocenters. The number of rotatable bonds is 7. The van der Waals surface area contributed by atoms with E-state index in [4.69, 9.17) is 9.47 Å². The van der Waals surface area contributed by atoms with Crippen molar-refractivity contribution in [3.8, 4) is 5.75 Å². The first-order chi connectivity index (χ1) is 8.19. The zero-order chi connectivity index (χ0) is 12.7. The van der Waals surface area contributed by atoms with E-state index >= 15 is 0 Å². The number of hydrogen-bond donors (Lipinski definition) is 0. The lowest BCUT2D eigenvalue weighted by Gasteiger charge is -2.10. The summed E-state index contributed by atoms with van der Waals surface area (Å²) in [7, 11) is 0. The van der Waals surface area contributed by atoms with Crippen LogP contribution in [0, 0.1) is 0 Å². The molecule has 3 nitrogen and oxygen atoms in total. The van der Waals surface area contributed by atoms with Crippen molar-refractivity contribution >= 4 is 38.1 Å². The van der Waals surface area contributed by atoms with Crippen molar-refractivity contribution in [3.05, 3.63) is 26.6 Å². The monoisotopic (exact) mass is 364 g/mol. The Labute approximate surface area is 118 Å². The van der Waals surface area contributed by atoms with Crippen LogP contribution >= 0.6 is 31.9 Å². The summed E-state index contributed by atoms with van der Waals surface area (Å²) in [5.74, 6) is 0.715. The van der Waals surface area contributed by atoms with Crippen molar-refractivity contribution in [2.24, 2.45) is 0 Å². The summed E-state index contributed by atoms with van der Waals surface area (Å²) in [5.41, 5.74) is 0.602. The molecule has 0 aromatic heterocycles. The molecule has 0 unspecified atom stereocenters. The van der Waals surface area contributed by atoms with Crippen LogP contribution in [-0.2, 0) is 4.74 Å². The predicted molar refractivity (Wildman–Crippen MR) is 73.8 cm³/mol. The normalized spacial score (nSPS) is 10.3. The average molecular weight is 366 g/mol. The third-order valence-corrected chi connectivity index (χ3v) is 3.22. The van der Waals surface area contributed by atoms with Crippen molar-refractivity contribution in [1.29, 1.82) is 0 Å². The Balaban J connectivity index is 2.56. The first-order valence-corrected chi connectivity index (χ1v) is 6.92. The molecular weight excluding hydrogens is 352 g/mol. The number of aldehydes is 1. The van der Waals surface area contributed by atoms with E-state index in [-0.39, 0.29) is 0 Å². The van der Waals surface area contributed by atoms with E-state index in [9.17, 15) is 4.79 Å². The summed E-state index contributed by atoms with van der Waals surface area (Å²) < 4.78 is 12.4. The molecule has 0 fully saturated rings. The molecule has 0 saturated carbocycles. The molecular formula is C12H14Br2O3. The maximum atomic E-state index is 10.7. The molecule has 1 aromatic rings. The summed E-state index contributed by atoms with van der Waals surface area (Å²) >= 11 is 6.75. The van der Waals surface area contributed by atoms with Gasteiger partial charge >= 0.3 is 0 Å². The number of carbonyl (C=O) groups excluding carboxylic acids is 1. The molecule has 0 radical (unpaired) electrons. The molecule has 0 aliphatic carbocycles. The van der Waals surface area contributed by atoms with Gasteiger partial charge in [0.05, 0.1) is 15.6 Å². The second-order valence-electron chi connectivity index (χ2n) is 3.33. The van der Waals surface area contributed by atoms with E-state index in [0.717, 1.165) is 28.3 Å². The van der Waals surface area contributed by atoms with Gasteiger partial charge in [-0.3, -0.25) is 4.79 Å². The van der Waals surface area contributed by atoms with Crippen LogP contribution < -0.4 is 4.74 Å². The molecule has 1 aromatic carbocycles. The van der Waals surface area contributed by atoms with Gasteiger partial charge in [0.2, 0.25) is 0 Å². The second-order valence-corrected chi connectivity index (χ2v) is 5.04. The molecule has 94 valence electrons. The molecule has 17 heavy (non-hydrogen) atoms. The lowest BCUT2D eigenvalue weighted by Crippen LogP contribution is -2.04. The first kappa shape index (κ1) is 14.7. The molecule has 0 amide bonds. The summed E-state index contributed by atoms with van der Waals surface area (Å²) in [6.45, 7) is 3.96. The molecule has 0 aliphatic rings. The van der Waals surface area contributed by atoms with Crippen LogP contribution in [0.1, 0.15) is 23.7 Å². The topological polar surface area (TPSA) is 35.5 Å². The quantitative estimate of drug-likeness (QED) is 0.544. The van der Waals surface area contributed by atoms with Crippen LogP contribution in [0.5, 0.6) is 5.75 Å². The fourth-order valence-electron chi connectivity index (χ4n) is 1.26. The Kier molecular flexibility index (Phi) is 6.77. The largest absolute Gasteiger partial charge is 0.491 e. The first-order valence-electron chi connectivity index (χ1n) is 5.33. The van der Waals surface area contributed by atoms with Crippen LogP contribution in [0.4, 0.5) is 0 Å². The number of benzene rings is 1. The molecule has 0 bridgehead atoms.